The number of nitro groups is 1. The summed E-state index contributed by atoms with van der Waals surface area (Å²) in [7, 11) is 0. The number of fused-ring (bicyclic) bond motifs is 1. The summed E-state index contributed by atoms with van der Waals surface area (Å²) in [4.78, 5) is 44.7. The lowest BCUT2D eigenvalue weighted by Crippen LogP contribution is -2.37. The van der Waals surface area contributed by atoms with Crippen LogP contribution in [0.3, 0.4) is 0 Å². The molecule has 0 spiro atoms. The van der Waals surface area contributed by atoms with Gasteiger partial charge >= 0.3 is 0 Å². The van der Waals surface area contributed by atoms with Crippen LogP contribution in [0.15, 0.2) is 78.9 Å². The number of nitro benzene ring substituents is 1. The van der Waals surface area contributed by atoms with Crippen molar-refractivity contribution in [2.45, 2.75) is 19.1 Å². The number of hydrogen-bond donors (Lipinski definition) is 0. The Labute approximate surface area is 183 Å². The Morgan fingerprint density at radius 1 is 0.875 bits per heavy atom. The van der Waals surface area contributed by atoms with Crippen molar-refractivity contribution < 1.29 is 19.3 Å². The summed E-state index contributed by atoms with van der Waals surface area (Å²) in [6.45, 7) is 1.89. The second-order valence-electron chi connectivity index (χ2n) is 7.86. The van der Waals surface area contributed by atoms with Crippen molar-refractivity contribution in [3.8, 4) is 0 Å². The smallest absolute Gasteiger partial charge is 0.269 e. The molecule has 2 saturated heterocycles. The van der Waals surface area contributed by atoms with Gasteiger partial charge in [-0.1, -0.05) is 42.5 Å². The molecular formula is C24H19N3O5. The van der Waals surface area contributed by atoms with Gasteiger partial charge in [-0.15, -0.1) is 0 Å². The molecule has 2 fully saturated rings. The van der Waals surface area contributed by atoms with Crippen LogP contribution in [0, 0.1) is 23.0 Å². The van der Waals surface area contributed by atoms with Crippen molar-refractivity contribution >= 4 is 28.9 Å². The van der Waals surface area contributed by atoms with Gasteiger partial charge < -0.3 is 0 Å². The van der Waals surface area contributed by atoms with Crippen LogP contribution in [0.2, 0.25) is 0 Å². The summed E-state index contributed by atoms with van der Waals surface area (Å²) in [6, 6.07) is 21.8. The molecule has 0 aromatic heterocycles. The molecule has 2 amide bonds. The van der Waals surface area contributed by atoms with Gasteiger partial charge in [0.05, 0.1) is 22.3 Å². The summed E-state index contributed by atoms with van der Waals surface area (Å²) < 4.78 is 0. The van der Waals surface area contributed by atoms with Crippen LogP contribution in [0.1, 0.15) is 17.2 Å². The molecule has 8 heteroatoms. The highest BCUT2D eigenvalue weighted by Crippen LogP contribution is 2.47. The van der Waals surface area contributed by atoms with E-state index in [0.717, 1.165) is 5.56 Å². The van der Waals surface area contributed by atoms with Crippen molar-refractivity contribution in [3.05, 3.63) is 100 Å². The standard InChI is InChI=1S/C24H19N3O5/c1-15-6-5-9-19(14-15)25-23(28)20-21(16-10-12-18(13-11-16)27(30)31)26(32-22(20)24(25)29)17-7-3-2-4-8-17/h2-14,20-22H,1H3/t20-,21+,22-/m0/s1. The van der Waals surface area contributed by atoms with E-state index in [1.54, 1.807) is 35.4 Å². The average Bonchev–Trinajstić information content (AvgIpc) is 3.30. The van der Waals surface area contributed by atoms with Gasteiger partial charge in [0.1, 0.15) is 5.92 Å². The molecule has 5 rings (SSSR count). The molecule has 2 heterocycles. The lowest BCUT2D eigenvalue weighted by Gasteiger charge is -2.28. The Morgan fingerprint density at radius 2 is 1.56 bits per heavy atom. The van der Waals surface area contributed by atoms with E-state index in [1.807, 2.05) is 43.3 Å². The molecule has 3 aromatic carbocycles. The van der Waals surface area contributed by atoms with Crippen LogP contribution in [0.5, 0.6) is 0 Å². The van der Waals surface area contributed by atoms with Gasteiger partial charge in [-0.05, 0) is 42.3 Å². The molecule has 2 aliphatic rings. The number of aryl methyl sites for hydroxylation is 1. The molecule has 0 bridgehead atoms. The zero-order chi connectivity index (χ0) is 22.4. The van der Waals surface area contributed by atoms with Gasteiger partial charge in [0.2, 0.25) is 5.91 Å². The van der Waals surface area contributed by atoms with Crippen LogP contribution < -0.4 is 9.96 Å². The summed E-state index contributed by atoms with van der Waals surface area (Å²) in [6.07, 6.45) is -0.983. The first-order valence-corrected chi connectivity index (χ1v) is 10.2. The topological polar surface area (TPSA) is 93.0 Å². The number of imide groups is 1. The van der Waals surface area contributed by atoms with Crippen molar-refractivity contribution in [2.75, 3.05) is 9.96 Å². The predicted molar refractivity (Wildman–Crippen MR) is 117 cm³/mol. The summed E-state index contributed by atoms with van der Waals surface area (Å²) in [5, 5.41) is 12.7. The molecular weight excluding hydrogens is 410 g/mol. The largest absolute Gasteiger partial charge is 0.273 e. The number of hydrogen-bond acceptors (Lipinski definition) is 6. The molecule has 0 unspecified atom stereocenters. The van der Waals surface area contributed by atoms with Crippen molar-refractivity contribution in [1.29, 1.82) is 0 Å². The highest BCUT2D eigenvalue weighted by atomic mass is 16.7. The number of para-hydroxylation sites is 1. The maximum absolute atomic E-state index is 13.5. The Bertz CT molecular complexity index is 1210. The molecule has 3 aromatic rings. The number of rotatable bonds is 4. The van der Waals surface area contributed by atoms with Crippen LogP contribution in [-0.2, 0) is 14.4 Å². The number of amides is 2. The Kier molecular flexibility index (Phi) is 4.71. The average molecular weight is 429 g/mol. The van der Waals surface area contributed by atoms with E-state index in [1.165, 1.54) is 17.0 Å². The van der Waals surface area contributed by atoms with E-state index in [4.69, 9.17) is 4.84 Å². The molecule has 32 heavy (non-hydrogen) atoms. The number of carbonyl (C=O) groups is 2. The van der Waals surface area contributed by atoms with E-state index in [0.29, 0.717) is 16.9 Å². The Balaban J connectivity index is 1.58. The first kappa shape index (κ1) is 19.9. The zero-order valence-corrected chi connectivity index (χ0v) is 17.1. The van der Waals surface area contributed by atoms with Crippen molar-refractivity contribution in [2.24, 2.45) is 5.92 Å². The highest BCUT2D eigenvalue weighted by molar-refractivity contribution is 6.23. The third-order valence-corrected chi connectivity index (χ3v) is 5.83. The molecule has 3 atom stereocenters. The third-order valence-electron chi connectivity index (χ3n) is 5.83. The molecule has 160 valence electrons. The van der Waals surface area contributed by atoms with Crippen LogP contribution in [-0.4, -0.2) is 22.8 Å². The number of non-ortho nitro benzene ring substituents is 1. The van der Waals surface area contributed by atoms with Crippen molar-refractivity contribution in [1.82, 2.24) is 0 Å². The molecule has 2 aliphatic heterocycles. The van der Waals surface area contributed by atoms with E-state index in [-0.39, 0.29) is 11.6 Å². The molecule has 0 aliphatic carbocycles. The van der Waals surface area contributed by atoms with Gasteiger partial charge in [-0.3, -0.25) is 24.5 Å². The van der Waals surface area contributed by atoms with E-state index in [9.17, 15) is 19.7 Å². The second-order valence-corrected chi connectivity index (χ2v) is 7.86. The Hall–Kier alpha value is -4.04. The number of carbonyl (C=O) groups excluding carboxylic acids is 2. The lowest BCUT2D eigenvalue weighted by atomic mass is 9.90. The maximum Gasteiger partial charge on any atom is 0.269 e. The first-order chi connectivity index (χ1) is 15.5. The molecule has 0 N–H and O–H groups in total. The van der Waals surface area contributed by atoms with E-state index in [2.05, 4.69) is 0 Å². The van der Waals surface area contributed by atoms with Gasteiger partial charge in [-0.25, -0.2) is 9.96 Å². The second kappa shape index (κ2) is 7.58. The summed E-state index contributed by atoms with van der Waals surface area (Å²) in [5.74, 6) is -1.56. The predicted octanol–water partition coefficient (Wildman–Crippen LogP) is 3.95. The number of hydroxylamine groups is 1. The van der Waals surface area contributed by atoms with E-state index < -0.39 is 28.9 Å². The molecule has 8 nitrogen and oxygen atoms in total. The third kappa shape index (κ3) is 3.12. The molecule has 0 saturated carbocycles. The van der Waals surface area contributed by atoms with Gasteiger partial charge in [0, 0.05) is 12.1 Å². The molecule has 0 radical (unpaired) electrons. The minimum absolute atomic E-state index is 0.0503. The van der Waals surface area contributed by atoms with E-state index >= 15 is 0 Å². The number of anilines is 2. The lowest BCUT2D eigenvalue weighted by molar-refractivity contribution is -0.384. The van der Waals surface area contributed by atoms with Gasteiger partial charge in [-0.2, -0.15) is 0 Å². The van der Waals surface area contributed by atoms with Crippen LogP contribution >= 0.6 is 0 Å². The minimum atomic E-state index is -0.983. The monoisotopic (exact) mass is 429 g/mol. The first-order valence-electron chi connectivity index (χ1n) is 10.2. The Morgan fingerprint density at radius 3 is 2.22 bits per heavy atom. The fraction of sp³-hybridized carbons (Fsp3) is 0.167. The minimum Gasteiger partial charge on any atom is -0.273 e. The number of benzene rings is 3. The zero-order valence-electron chi connectivity index (χ0n) is 17.1. The quantitative estimate of drug-likeness (QED) is 0.354. The summed E-state index contributed by atoms with van der Waals surface area (Å²) >= 11 is 0. The normalized spacial score (nSPS) is 22.3. The van der Waals surface area contributed by atoms with Crippen LogP contribution in [0.4, 0.5) is 17.1 Å². The SMILES string of the molecule is Cc1cccc(N2C(=O)[C@@H]3[C@H](ON(c4ccccc4)[C@@H]3c3ccc([N+](=O)[O-])cc3)C2=O)c1. The fourth-order valence-electron chi connectivity index (χ4n) is 4.37. The van der Waals surface area contributed by atoms with Gasteiger partial charge in [0.15, 0.2) is 6.10 Å². The maximum atomic E-state index is 13.5. The fourth-order valence-corrected chi connectivity index (χ4v) is 4.37. The number of nitrogens with zero attached hydrogens (tertiary/aromatic N) is 3. The van der Waals surface area contributed by atoms with Gasteiger partial charge in [0.25, 0.3) is 11.6 Å². The van der Waals surface area contributed by atoms with Crippen molar-refractivity contribution in [3.63, 3.8) is 0 Å². The highest BCUT2D eigenvalue weighted by Gasteiger charge is 2.60. The summed E-state index contributed by atoms with van der Waals surface area (Å²) in [5.41, 5.74) is 2.73. The van der Waals surface area contributed by atoms with Crippen LogP contribution in [0.25, 0.3) is 0 Å².